The highest BCUT2D eigenvalue weighted by atomic mass is 19.4. The number of nitrogens with zero attached hydrogens (tertiary/aromatic N) is 5. The van der Waals surface area contributed by atoms with Crippen LogP contribution in [0.25, 0.3) is 0 Å². The van der Waals surface area contributed by atoms with Gasteiger partial charge in [-0.25, -0.2) is 9.78 Å². The molecule has 0 spiro atoms. The highest BCUT2D eigenvalue weighted by molar-refractivity contribution is 6.05. The van der Waals surface area contributed by atoms with E-state index in [1.807, 2.05) is 30.3 Å². The number of halogens is 6. The van der Waals surface area contributed by atoms with Crippen molar-refractivity contribution in [2.45, 2.75) is 63.2 Å². The Bertz CT molecular complexity index is 1990. The number of unbranched alkanes of at least 4 members (excludes halogenated alkanes) is 1. The second-order valence-electron chi connectivity index (χ2n) is 12.5. The van der Waals surface area contributed by atoms with E-state index in [4.69, 9.17) is 4.74 Å². The lowest BCUT2D eigenvalue weighted by atomic mass is 9.94. The van der Waals surface area contributed by atoms with E-state index in [0.29, 0.717) is 18.5 Å². The van der Waals surface area contributed by atoms with Gasteiger partial charge in [-0.1, -0.05) is 42.5 Å². The molecule has 4 aromatic rings. The molecule has 0 radical (unpaired) electrons. The minimum absolute atomic E-state index is 0.0332. The second-order valence-corrected chi connectivity index (χ2v) is 12.5. The van der Waals surface area contributed by atoms with Crippen molar-refractivity contribution in [2.24, 2.45) is 0 Å². The molecule has 3 aromatic carbocycles. The first-order valence-electron chi connectivity index (χ1n) is 16.4. The van der Waals surface area contributed by atoms with Gasteiger partial charge in [0.15, 0.2) is 6.17 Å². The molecule has 1 N–H and O–H groups in total. The molecule has 3 atom stereocenters. The number of hydrogen-bond acceptors (Lipinski definition) is 9. The maximum Gasteiger partial charge on any atom is 0.573 e. The molecule has 0 bridgehead atoms. The molecule has 1 aromatic heterocycles. The zero-order valence-corrected chi connectivity index (χ0v) is 27.9. The van der Waals surface area contributed by atoms with Gasteiger partial charge in [-0.2, -0.15) is 13.2 Å². The van der Waals surface area contributed by atoms with Crippen molar-refractivity contribution in [3.05, 3.63) is 118 Å². The van der Waals surface area contributed by atoms with Gasteiger partial charge in [-0.3, -0.25) is 19.7 Å². The number of esters is 1. The van der Waals surface area contributed by atoms with Gasteiger partial charge < -0.3 is 29.2 Å². The Kier molecular flexibility index (Phi) is 10.5. The van der Waals surface area contributed by atoms with Crippen LogP contribution in [0.3, 0.4) is 0 Å². The van der Waals surface area contributed by atoms with E-state index < -0.39 is 65.1 Å². The van der Waals surface area contributed by atoms with Crippen LogP contribution in [0, 0.1) is 10.1 Å². The van der Waals surface area contributed by atoms with Crippen molar-refractivity contribution < 1.29 is 55.1 Å². The third-order valence-electron chi connectivity index (χ3n) is 8.93. The number of aromatic nitrogens is 2. The Morgan fingerprint density at radius 1 is 0.926 bits per heavy atom. The van der Waals surface area contributed by atoms with E-state index in [-0.39, 0.29) is 42.7 Å². The number of piperazine rings is 1. The van der Waals surface area contributed by atoms with Crippen LogP contribution in [0.2, 0.25) is 0 Å². The van der Waals surface area contributed by atoms with Crippen LogP contribution in [0.5, 0.6) is 5.75 Å². The molecular weight excluding hydrogens is 730 g/mol. The number of nitro groups is 1. The summed E-state index contributed by atoms with van der Waals surface area (Å²) in [6.45, 7) is -0.553. The minimum atomic E-state index is -5.52. The van der Waals surface area contributed by atoms with E-state index in [1.54, 1.807) is 0 Å². The molecule has 0 aliphatic carbocycles. The van der Waals surface area contributed by atoms with Crippen LogP contribution in [-0.2, 0) is 33.7 Å². The molecule has 1 saturated heterocycles. The average molecular weight is 761 g/mol. The smallest absolute Gasteiger partial charge is 0.430 e. The number of nitrogens with one attached hydrogen (secondary N) is 1. The van der Waals surface area contributed by atoms with Crippen molar-refractivity contribution in [1.82, 2.24) is 19.8 Å². The first-order valence-corrected chi connectivity index (χ1v) is 16.4. The fourth-order valence-electron chi connectivity index (χ4n) is 6.58. The first-order chi connectivity index (χ1) is 25.6. The quantitative estimate of drug-likeness (QED) is 0.0611. The van der Waals surface area contributed by atoms with Gasteiger partial charge >= 0.3 is 18.5 Å². The topological polar surface area (TPSA) is 151 Å². The van der Waals surface area contributed by atoms with Gasteiger partial charge in [-0.05, 0) is 48.6 Å². The van der Waals surface area contributed by atoms with Gasteiger partial charge in [0, 0.05) is 43.5 Å². The summed E-state index contributed by atoms with van der Waals surface area (Å²) in [5.74, 6) is -5.05. The molecule has 2 aliphatic heterocycles. The predicted octanol–water partition coefficient (Wildman–Crippen LogP) is 5.91. The SMILES string of the molecule is O=C1[C@H](Cc2cnc[nH]2)N2C(=O)c3cc([N+](=O)[O-])ccc3N(Cc3ccc(OC(F)(F)F)cc3)C2C(OC(=O)C(F)(F)F)N1CCCCc1ccccc1. The summed E-state index contributed by atoms with van der Waals surface area (Å²) in [7, 11) is 0. The number of hydrogen-bond donors (Lipinski definition) is 1. The van der Waals surface area contributed by atoms with Crippen LogP contribution in [0.1, 0.15) is 40.0 Å². The molecule has 19 heteroatoms. The van der Waals surface area contributed by atoms with Gasteiger partial charge in [-0.15, -0.1) is 13.2 Å². The highest BCUT2D eigenvalue weighted by Gasteiger charge is 2.57. The summed E-state index contributed by atoms with van der Waals surface area (Å²) < 4.78 is 89.3. The fourth-order valence-corrected chi connectivity index (χ4v) is 6.58. The van der Waals surface area contributed by atoms with Gasteiger partial charge in [0.05, 0.1) is 22.5 Å². The van der Waals surface area contributed by atoms with Crippen molar-refractivity contribution in [3.8, 4) is 5.75 Å². The number of fused-ring (bicyclic) bond motifs is 2. The Balaban J connectivity index is 1.47. The van der Waals surface area contributed by atoms with Crippen LogP contribution in [0.4, 0.5) is 37.7 Å². The number of alkyl halides is 6. The number of benzene rings is 3. The Labute approximate surface area is 302 Å². The second kappa shape index (κ2) is 15.1. The molecule has 1 fully saturated rings. The van der Waals surface area contributed by atoms with Crippen molar-refractivity contribution >= 4 is 29.2 Å². The number of H-pyrrole nitrogens is 1. The maximum absolute atomic E-state index is 14.5. The normalized spacial score (nSPS) is 18.6. The summed E-state index contributed by atoms with van der Waals surface area (Å²) >= 11 is 0. The number of carbonyl (C=O) groups excluding carboxylic acids is 3. The number of nitro benzene ring substituents is 1. The highest BCUT2D eigenvalue weighted by Crippen LogP contribution is 2.42. The van der Waals surface area contributed by atoms with Crippen molar-refractivity contribution in [3.63, 3.8) is 0 Å². The number of amides is 2. The van der Waals surface area contributed by atoms with Crippen LogP contribution >= 0.6 is 0 Å². The molecule has 284 valence electrons. The number of non-ortho nitro benzene ring substituents is 1. The Hall–Kier alpha value is -6.14. The van der Waals surface area contributed by atoms with Crippen LogP contribution in [-0.4, -0.2) is 80.0 Å². The van der Waals surface area contributed by atoms with Crippen LogP contribution < -0.4 is 9.64 Å². The predicted molar refractivity (Wildman–Crippen MR) is 175 cm³/mol. The number of aromatic amines is 1. The maximum atomic E-state index is 14.5. The molecule has 54 heavy (non-hydrogen) atoms. The zero-order valence-electron chi connectivity index (χ0n) is 27.9. The van der Waals surface area contributed by atoms with Gasteiger partial charge in [0.25, 0.3) is 11.6 Å². The van der Waals surface area contributed by atoms with Gasteiger partial charge in [0.2, 0.25) is 12.1 Å². The van der Waals surface area contributed by atoms with Crippen molar-refractivity contribution in [1.29, 1.82) is 0 Å². The number of anilines is 1. The summed E-state index contributed by atoms with van der Waals surface area (Å²) in [4.78, 5) is 62.5. The van der Waals surface area contributed by atoms with E-state index >= 15 is 0 Å². The number of carbonyl (C=O) groups is 3. The number of aryl methyl sites for hydroxylation is 1. The molecule has 3 heterocycles. The molecule has 13 nitrogen and oxygen atoms in total. The number of imidazole rings is 1. The van der Waals surface area contributed by atoms with Crippen LogP contribution in [0.15, 0.2) is 85.3 Å². The van der Waals surface area contributed by atoms with E-state index in [1.165, 1.54) is 35.6 Å². The molecule has 6 rings (SSSR count). The monoisotopic (exact) mass is 760 g/mol. The molecule has 2 amide bonds. The third-order valence-corrected chi connectivity index (χ3v) is 8.93. The average Bonchev–Trinajstić information content (AvgIpc) is 3.64. The lowest BCUT2D eigenvalue weighted by Gasteiger charge is -2.56. The summed E-state index contributed by atoms with van der Waals surface area (Å²) in [5.41, 5.74) is 0.730. The van der Waals surface area contributed by atoms with Crippen molar-refractivity contribution in [2.75, 3.05) is 11.4 Å². The Morgan fingerprint density at radius 3 is 2.28 bits per heavy atom. The largest absolute Gasteiger partial charge is 0.573 e. The standard InChI is InChI=1S/C35H30F6N6O7/c36-34(37,38)33(50)53-32-29-45(19-22-9-12-25(13-10-22)54-35(39,40)41)27-14-11-24(47(51)52)17-26(27)30(48)46(29)28(16-23-18-42-20-43-23)31(49)44(32)15-5-4-8-21-6-2-1-3-7-21/h1-3,6-7,9-14,17-18,20,28-29,32H,4-5,8,15-16,19H2,(H,42,43)/t28-,29?,32?/m0/s1. The first kappa shape index (κ1) is 37.6. The number of ether oxygens (including phenoxy) is 2. The fraction of sp³-hybridized carbons (Fsp3) is 0.314. The summed E-state index contributed by atoms with van der Waals surface area (Å²) in [5, 5.41) is 11.8. The number of rotatable bonds is 12. The third kappa shape index (κ3) is 8.24. The molecule has 2 aliphatic rings. The Morgan fingerprint density at radius 2 is 1.65 bits per heavy atom. The lowest BCUT2D eigenvalue weighted by Crippen LogP contribution is -2.75. The molecular formula is C35H30F6N6O7. The van der Waals surface area contributed by atoms with E-state index in [9.17, 15) is 50.8 Å². The van der Waals surface area contributed by atoms with E-state index in [2.05, 4.69) is 14.7 Å². The van der Waals surface area contributed by atoms with E-state index in [0.717, 1.165) is 39.6 Å². The lowest BCUT2D eigenvalue weighted by molar-refractivity contribution is -0.384. The summed E-state index contributed by atoms with van der Waals surface area (Å²) in [6, 6.07) is 15.5. The zero-order chi connectivity index (χ0) is 38.8. The molecule has 2 unspecified atom stereocenters. The molecule has 0 saturated carbocycles. The summed E-state index contributed by atoms with van der Waals surface area (Å²) in [6.07, 6.45) is -10.5. The minimum Gasteiger partial charge on any atom is -0.430 e. The van der Waals surface area contributed by atoms with Gasteiger partial charge in [0.1, 0.15) is 11.8 Å².